The maximum atomic E-state index is 12.3. The highest BCUT2D eigenvalue weighted by Gasteiger charge is 2.13. The quantitative estimate of drug-likeness (QED) is 0.568. The van der Waals surface area contributed by atoms with Crippen molar-refractivity contribution in [2.24, 2.45) is 5.92 Å². The van der Waals surface area contributed by atoms with E-state index in [4.69, 9.17) is 4.74 Å². The summed E-state index contributed by atoms with van der Waals surface area (Å²) in [7, 11) is 0. The number of ether oxygens (including phenoxy) is 1. The number of hydrogen-bond donors (Lipinski definition) is 3. The smallest absolute Gasteiger partial charge is 0.269 e. The van der Waals surface area contributed by atoms with E-state index in [1.807, 2.05) is 13.8 Å². The highest BCUT2D eigenvalue weighted by Crippen LogP contribution is 2.26. The molecular weight excluding hydrogens is 438 g/mol. The molecule has 0 fully saturated rings. The van der Waals surface area contributed by atoms with E-state index in [1.54, 1.807) is 56.3 Å². The summed E-state index contributed by atoms with van der Waals surface area (Å²) in [5, 5.41) is 2.75. The number of carbonyl (C=O) groups excluding carboxylic acids is 3. The number of carbonyl (C=O) groups is 3. The van der Waals surface area contributed by atoms with Crippen LogP contribution in [0.3, 0.4) is 0 Å². The molecule has 0 heterocycles. The van der Waals surface area contributed by atoms with Crippen LogP contribution >= 0.6 is 15.9 Å². The van der Waals surface area contributed by atoms with Crippen molar-refractivity contribution in [1.82, 2.24) is 10.9 Å². The zero-order valence-corrected chi connectivity index (χ0v) is 18.3. The molecule has 3 N–H and O–H groups in total. The van der Waals surface area contributed by atoms with Crippen LogP contribution in [0, 0.1) is 5.92 Å². The van der Waals surface area contributed by atoms with Crippen molar-refractivity contribution in [3.05, 3.63) is 58.1 Å². The molecule has 3 amide bonds. The minimum Gasteiger partial charge on any atom is -0.490 e. The Bertz CT molecular complexity index is 895. The lowest BCUT2D eigenvalue weighted by molar-refractivity contribution is -0.118. The van der Waals surface area contributed by atoms with Gasteiger partial charge in [0.1, 0.15) is 5.75 Å². The summed E-state index contributed by atoms with van der Waals surface area (Å²) < 4.78 is 6.25. The Morgan fingerprint density at radius 2 is 1.41 bits per heavy atom. The minimum atomic E-state index is -0.473. The number of hydrazine groups is 1. The first-order chi connectivity index (χ1) is 13.7. The summed E-state index contributed by atoms with van der Waals surface area (Å²) in [6.45, 7) is 7.41. The van der Waals surface area contributed by atoms with Crippen LogP contribution in [-0.2, 0) is 4.79 Å². The lowest BCUT2D eigenvalue weighted by Gasteiger charge is -2.13. The lowest BCUT2D eigenvalue weighted by atomic mass is 10.1. The average molecular weight is 462 g/mol. The first-order valence-electron chi connectivity index (χ1n) is 9.15. The minimum absolute atomic E-state index is 0.00958. The van der Waals surface area contributed by atoms with Gasteiger partial charge in [-0.05, 0) is 72.2 Å². The van der Waals surface area contributed by atoms with E-state index in [1.165, 1.54) is 0 Å². The summed E-state index contributed by atoms with van der Waals surface area (Å²) in [6.07, 6.45) is 0.00958. The van der Waals surface area contributed by atoms with Gasteiger partial charge in [-0.2, -0.15) is 0 Å². The van der Waals surface area contributed by atoms with Crippen molar-refractivity contribution >= 4 is 39.3 Å². The molecule has 2 aromatic carbocycles. The van der Waals surface area contributed by atoms with Crippen LogP contribution in [0.4, 0.5) is 5.69 Å². The van der Waals surface area contributed by atoms with Crippen molar-refractivity contribution in [1.29, 1.82) is 0 Å². The van der Waals surface area contributed by atoms with Crippen molar-refractivity contribution in [2.45, 2.75) is 33.8 Å². The maximum Gasteiger partial charge on any atom is 0.269 e. The van der Waals surface area contributed by atoms with E-state index in [9.17, 15) is 14.4 Å². The standard InChI is InChI=1S/C21H24BrN3O4/c1-12(2)19(26)23-16-8-5-14(6-9-16)20(27)24-25-21(28)15-7-10-18(17(22)11-15)29-13(3)4/h5-13H,1-4H3,(H,23,26)(H,24,27)(H,25,28). The Morgan fingerprint density at radius 1 is 0.862 bits per heavy atom. The largest absolute Gasteiger partial charge is 0.490 e. The zero-order chi connectivity index (χ0) is 21.6. The lowest BCUT2D eigenvalue weighted by Crippen LogP contribution is -2.41. The molecule has 0 spiro atoms. The molecule has 0 saturated heterocycles. The molecule has 0 atom stereocenters. The van der Waals surface area contributed by atoms with Gasteiger partial charge in [-0.25, -0.2) is 0 Å². The molecule has 0 bridgehead atoms. The van der Waals surface area contributed by atoms with Crippen LogP contribution in [0.1, 0.15) is 48.4 Å². The summed E-state index contributed by atoms with van der Waals surface area (Å²) in [5.74, 6) is -0.551. The second-order valence-corrected chi connectivity index (χ2v) is 7.80. The molecular formula is C21H24BrN3O4. The van der Waals surface area contributed by atoms with Crippen molar-refractivity contribution in [3.8, 4) is 5.75 Å². The van der Waals surface area contributed by atoms with Gasteiger partial charge in [0, 0.05) is 22.7 Å². The van der Waals surface area contributed by atoms with Gasteiger partial charge in [-0.1, -0.05) is 13.8 Å². The number of amides is 3. The van der Waals surface area contributed by atoms with E-state index < -0.39 is 11.8 Å². The van der Waals surface area contributed by atoms with Crippen LogP contribution in [0.15, 0.2) is 46.9 Å². The third-order valence-corrected chi connectivity index (χ3v) is 4.41. The van der Waals surface area contributed by atoms with Crippen LogP contribution in [-0.4, -0.2) is 23.8 Å². The number of hydrogen-bond acceptors (Lipinski definition) is 4. The molecule has 0 aliphatic carbocycles. The van der Waals surface area contributed by atoms with Gasteiger partial charge in [-0.3, -0.25) is 25.2 Å². The van der Waals surface area contributed by atoms with Crippen LogP contribution in [0.25, 0.3) is 0 Å². The van der Waals surface area contributed by atoms with E-state index in [2.05, 4.69) is 32.1 Å². The molecule has 0 saturated carbocycles. The summed E-state index contributed by atoms with van der Waals surface area (Å²) in [5.41, 5.74) is 6.04. The fourth-order valence-electron chi connectivity index (χ4n) is 2.24. The Balaban J connectivity index is 1.94. The average Bonchev–Trinajstić information content (AvgIpc) is 2.67. The van der Waals surface area contributed by atoms with Gasteiger partial charge < -0.3 is 10.1 Å². The number of anilines is 1. The number of nitrogens with one attached hydrogen (secondary N) is 3. The number of benzene rings is 2. The molecule has 2 rings (SSSR count). The van der Waals surface area contributed by atoms with E-state index in [0.29, 0.717) is 27.0 Å². The molecule has 8 heteroatoms. The van der Waals surface area contributed by atoms with Crippen molar-refractivity contribution in [2.75, 3.05) is 5.32 Å². The second-order valence-electron chi connectivity index (χ2n) is 6.94. The third-order valence-electron chi connectivity index (χ3n) is 3.79. The van der Waals surface area contributed by atoms with Gasteiger partial charge >= 0.3 is 0 Å². The first kappa shape index (κ1) is 22.4. The Morgan fingerprint density at radius 3 is 1.93 bits per heavy atom. The van der Waals surface area contributed by atoms with E-state index >= 15 is 0 Å². The Kier molecular flexibility index (Phi) is 7.78. The third kappa shape index (κ3) is 6.60. The topological polar surface area (TPSA) is 96.5 Å². The van der Waals surface area contributed by atoms with Crippen molar-refractivity contribution in [3.63, 3.8) is 0 Å². The molecule has 0 aliphatic heterocycles. The molecule has 7 nitrogen and oxygen atoms in total. The summed E-state index contributed by atoms with van der Waals surface area (Å²) in [6, 6.07) is 11.3. The molecule has 0 aliphatic rings. The molecule has 0 aromatic heterocycles. The fourth-order valence-corrected chi connectivity index (χ4v) is 2.71. The van der Waals surface area contributed by atoms with Gasteiger partial charge in [0.25, 0.3) is 11.8 Å². The van der Waals surface area contributed by atoms with Gasteiger partial charge in [0.15, 0.2) is 0 Å². The second kappa shape index (κ2) is 10.1. The molecule has 2 aromatic rings. The highest BCUT2D eigenvalue weighted by molar-refractivity contribution is 9.10. The Labute approximate surface area is 178 Å². The maximum absolute atomic E-state index is 12.3. The predicted molar refractivity (Wildman–Crippen MR) is 115 cm³/mol. The van der Waals surface area contributed by atoms with E-state index in [0.717, 1.165) is 0 Å². The zero-order valence-electron chi connectivity index (χ0n) is 16.7. The van der Waals surface area contributed by atoms with Crippen LogP contribution < -0.4 is 20.9 Å². The molecule has 29 heavy (non-hydrogen) atoms. The normalized spacial score (nSPS) is 10.6. The Hall–Kier alpha value is -2.87. The van der Waals surface area contributed by atoms with Gasteiger partial charge in [0.2, 0.25) is 5.91 Å². The molecule has 0 radical (unpaired) electrons. The number of halogens is 1. The molecule has 0 unspecified atom stereocenters. The monoisotopic (exact) mass is 461 g/mol. The highest BCUT2D eigenvalue weighted by atomic mass is 79.9. The predicted octanol–water partition coefficient (Wildman–Crippen LogP) is 3.91. The van der Waals surface area contributed by atoms with Gasteiger partial charge in [0.05, 0.1) is 10.6 Å². The molecule has 154 valence electrons. The van der Waals surface area contributed by atoms with Gasteiger partial charge in [-0.15, -0.1) is 0 Å². The summed E-state index contributed by atoms with van der Waals surface area (Å²) >= 11 is 3.37. The van der Waals surface area contributed by atoms with Crippen molar-refractivity contribution < 1.29 is 19.1 Å². The van der Waals surface area contributed by atoms with E-state index in [-0.39, 0.29) is 17.9 Å². The first-order valence-corrected chi connectivity index (χ1v) is 9.94. The summed E-state index contributed by atoms with van der Waals surface area (Å²) in [4.78, 5) is 36.2. The number of rotatable bonds is 6. The van der Waals surface area contributed by atoms with Crippen LogP contribution in [0.2, 0.25) is 0 Å². The SMILES string of the molecule is CC(C)Oc1ccc(C(=O)NNC(=O)c2ccc(NC(=O)C(C)C)cc2)cc1Br. The fraction of sp³-hybridized carbons (Fsp3) is 0.286. The van der Waals surface area contributed by atoms with Crippen LogP contribution in [0.5, 0.6) is 5.75 Å².